The summed E-state index contributed by atoms with van der Waals surface area (Å²) in [7, 11) is 0. The van der Waals surface area contributed by atoms with Crippen molar-refractivity contribution in [2.24, 2.45) is 0 Å². The van der Waals surface area contributed by atoms with Crippen molar-refractivity contribution in [3.63, 3.8) is 0 Å². The van der Waals surface area contributed by atoms with Crippen molar-refractivity contribution >= 4 is 29.3 Å². The third-order valence-electron chi connectivity index (χ3n) is 3.40. The summed E-state index contributed by atoms with van der Waals surface area (Å²) >= 11 is 1.50. The molecule has 1 aromatic carbocycles. The molecule has 0 aliphatic carbocycles. The van der Waals surface area contributed by atoms with Gasteiger partial charge in [0, 0.05) is 12.1 Å². The van der Waals surface area contributed by atoms with Crippen LogP contribution in [0.5, 0.6) is 0 Å². The molecule has 0 N–H and O–H groups in total. The fraction of sp³-hybridized carbons (Fsp3) is 0.462. The Balaban J connectivity index is 0.00000108. The van der Waals surface area contributed by atoms with E-state index < -0.39 is 0 Å². The van der Waals surface area contributed by atoms with E-state index in [4.69, 9.17) is 0 Å². The lowest BCUT2D eigenvalue weighted by molar-refractivity contribution is 0.109. The predicted molar refractivity (Wildman–Crippen MR) is 74.0 cm³/mol. The molecule has 2 aliphatic rings. The van der Waals surface area contributed by atoms with E-state index >= 15 is 0 Å². The zero-order valence-corrected chi connectivity index (χ0v) is 11.2. The molecule has 0 saturated carbocycles. The topological polar surface area (TPSA) is 20.3 Å². The predicted octanol–water partition coefficient (Wildman–Crippen LogP) is 3.13. The Morgan fingerprint density at radius 1 is 1.24 bits per heavy atom. The second-order valence-electron chi connectivity index (χ2n) is 4.49. The molecule has 17 heavy (non-hydrogen) atoms. The van der Waals surface area contributed by atoms with Crippen molar-refractivity contribution in [1.29, 1.82) is 0 Å². The maximum atomic E-state index is 11.8. The molecule has 1 saturated heterocycles. The average Bonchev–Trinajstić information content (AvgIpc) is 2.90. The lowest BCUT2D eigenvalue weighted by atomic mass is 10.1. The fourth-order valence-electron chi connectivity index (χ4n) is 2.56. The van der Waals surface area contributed by atoms with Crippen LogP contribution >= 0.6 is 24.2 Å². The highest BCUT2D eigenvalue weighted by Crippen LogP contribution is 2.41. The Morgan fingerprint density at radius 2 is 1.94 bits per heavy atom. The highest BCUT2D eigenvalue weighted by atomic mass is 35.5. The zero-order valence-electron chi connectivity index (χ0n) is 9.59. The number of carbonyl (C=O) groups is 1. The van der Waals surface area contributed by atoms with Gasteiger partial charge in [0.2, 0.25) is 5.12 Å². The number of nitrogens with zero attached hydrogens (tertiary/aromatic N) is 1. The number of hydrogen-bond acceptors (Lipinski definition) is 3. The van der Waals surface area contributed by atoms with E-state index in [0.717, 1.165) is 12.1 Å². The van der Waals surface area contributed by atoms with Crippen LogP contribution in [-0.4, -0.2) is 29.6 Å². The van der Waals surface area contributed by atoms with Gasteiger partial charge in [0.1, 0.15) is 0 Å². The van der Waals surface area contributed by atoms with Crippen LogP contribution in [0.3, 0.4) is 0 Å². The quantitative estimate of drug-likeness (QED) is 0.823. The van der Waals surface area contributed by atoms with Crippen LogP contribution in [0.4, 0.5) is 0 Å². The molecule has 2 heterocycles. The normalized spacial score (nSPS) is 23.5. The number of likely N-dealkylation sites (tertiary alicyclic amines) is 1. The molecule has 1 unspecified atom stereocenters. The summed E-state index contributed by atoms with van der Waals surface area (Å²) in [6, 6.07) is 8.05. The van der Waals surface area contributed by atoms with E-state index in [9.17, 15) is 4.79 Å². The number of rotatable bonds is 2. The Bertz CT molecular complexity index is 418. The van der Waals surface area contributed by atoms with Crippen molar-refractivity contribution < 1.29 is 4.79 Å². The van der Waals surface area contributed by atoms with Crippen molar-refractivity contribution in [2.45, 2.75) is 18.1 Å². The number of carbonyl (C=O) groups excluding carboxylic acids is 1. The molecular weight excluding hydrogens is 254 g/mol. The van der Waals surface area contributed by atoms with E-state index in [1.54, 1.807) is 0 Å². The van der Waals surface area contributed by atoms with Crippen molar-refractivity contribution in [2.75, 3.05) is 19.6 Å². The summed E-state index contributed by atoms with van der Waals surface area (Å²) < 4.78 is 0. The summed E-state index contributed by atoms with van der Waals surface area (Å²) in [5, 5.41) is 0.613. The number of hydrogen-bond donors (Lipinski definition) is 0. The molecule has 0 spiro atoms. The average molecular weight is 270 g/mol. The van der Waals surface area contributed by atoms with Gasteiger partial charge < -0.3 is 4.90 Å². The minimum Gasteiger partial charge on any atom is -0.302 e. The highest BCUT2D eigenvalue weighted by Gasteiger charge is 2.31. The molecule has 0 aromatic heterocycles. The van der Waals surface area contributed by atoms with Crippen molar-refractivity contribution in [1.82, 2.24) is 4.90 Å². The van der Waals surface area contributed by atoms with Gasteiger partial charge in [0.25, 0.3) is 0 Å². The smallest absolute Gasteiger partial charge is 0.220 e. The first-order valence-electron chi connectivity index (χ1n) is 5.87. The molecule has 4 heteroatoms. The molecule has 2 nitrogen and oxygen atoms in total. The van der Waals surface area contributed by atoms with Crippen LogP contribution in [0, 0.1) is 0 Å². The van der Waals surface area contributed by atoms with Crippen LogP contribution in [-0.2, 0) is 0 Å². The van der Waals surface area contributed by atoms with Gasteiger partial charge in [-0.05, 0) is 31.5 Å². The van der Waals surface area contributed by atoms with Gasteiger partial charge in [-0.15, -0.1) is 12.4 Å². The molecule has 2 aliphatic heterocycles. The number of halogens is 1. The first kappa shape index (κ1) is 12.9. The molecule has 1 atom stereocenters. The molecular formula is C13H16ClNOS. The third kappa shape index (κ3) is 2.51. The van der Waals surface area contributed by atoms with Crippen LogP contribution in [0.25, 0.3) is 0 Å². The van der Waals surface area contributed by atoms with Crippen molar-refractivity contribution in [3.05, 3.63) is 35.4 Å². The van der Waals surface area contributed by atoms with Gasteiger partial charge >= 0.3 is 0 Å². The van der Waals surface area contributed by atoms with E-state index in [2.05, 4.69) is 11.0 Å². The van der Waals surface area contributed by atoms with Gasteiger partial charge in [-0.1, -0.05) is 36.0 Å². The standard InChI is InChI=1S/C13H15NOS.ClH/c15-13-11-6-2-1-5-10(11)12(16-13)9-14-7-3-4-8-14;/h1-2,5-6,12H,3-4,7-9H2;1H. The Hall–Kier alpha value is -0.510. The summed E-state index contributed by atoms with van der Waals surface area (Å²) in [5.41, 5.74) is 2.17. The van der Waals surface area contributed by atoms with Crippen LogP contribution < -0.4 is 0 Å². The van der Waals surface area contributed by atoms with Gasteiger partial charge in [-0.25, -0.2) is 0 Å². The summed E-state index contributed by atoms with van der Waals surface area (Å²) in [4.78, 5) is 14.3. The van der Waals surface area contributed by atoms with Gasteiger partial charge in [0.05, 0.1) is 5.25 Å². The number of thioether (sulfide) groups is 1. The zero-order chi connectivity index (χ0) is 11.0. The largest absolute Gasteiger partial charge is 0.302 e. The number of fused-ring (bicyclic) bond motifs is 1. The Morgan fingerprint density at radius 3 is 2.71 bits per heavy atom. The third-order valence-corrected chi connectivity index (χ3v) is 4.52. The summed E-state index contributed by atoms with van der Waals surface area (Å²) in [5.74, 6) is 0. The molecule has 0 radical (unpaired) electrons. The minimum atomic E-state index is 0. The molecule has 1 fully saturated rings. The van der Waals surface area contributed by atoms with Crippen LogP contribution in [0.1, 0.15) is 34.0 Å². The van der Waals surface area contributed by atoms with E-state index in [-0.39, 0.29) is 17.5 Å². The van der Waals surface area contributed by atoms with Gasteiger partial charge in [0.15, 0.2) is 0 Å². The van der Waals surface area contributed by atoms with Gasteiger partial charge in [-0.2, -0.15) is 0 Å². The van der Waals surface area contributed by atoms with Crippen molar-refractivity contribution in [3.8, 4) is 0 Å². The Kier molecular flexibility index (Phi) is 4.13. The highest BCUT2D eigenvalue weighted by molar-refractivity contribution is 8.14. The van der Waals surface area contributed by atoms with Crippen LogP contribution in [0.15, 0.2) is 24.3 Å². The molecule has 1 aromatic rings. The SMILES string of the molecule is Cl.O=C1SC(CN2CCCC2)c2ccccc21. The fourth-order valence-corrected chi connectivity index (χ4v) is 3.74. The second kappa shape index (κ2) is 5.42. The second-order valence-corrected chi connectivity index (χ2v) is 5.66. The summed E-state index contributed by atoms with van der Waals surface area (Å²) in [6.07, 6.45) is 2.62. The van der Waals surface area contributed by atoms with E-state index in [0.29, 0.717) is 5.25 Å². The van der Waals surface area contributed by atoms with Crippen LogP contribution in [0.2, 0.25) is 0 Å². The summed E-state index contributed by atoms with van der Waals surface area (Å²) in [6.45, 7) is 3.44. The molecule has 0 amide bonds. The van der Waals surface area contributed by atoms with E-state index in [1.807, 2.05) is 18.2 Å². The lowest BCUT2D eigenvalue weighted by Crippen LogP contribution is -2.23. The molecule has 3 rings (SSSR count). The number of benzene rings is 1. The first-order chi connectivity index (χ1) is 7.84. The maximum Gasteiger partial charge on any atom is 0.220 e. The first-order valence-corrected chi connectivity index (χ1v) is 6.75. The lowest BCUT2D eigenvalue weighted by Gasteiger charge is -2.19. The van der Waals surface area contributed by atoms with Gasteiger partial charge in [-0.3, -0.25) is 4.79 Å². The van der Waals surface area contributed by atoms with E-state index in [1.165, 1.54) is 43.3 Å². The maximum absolute atomic E-state index is 11.8. The Labute approximate surface area is 112 Å². The minimum absolute atomic E-state index is 0. The molecule has 92 valence electrons. The molecule has 0 bridgehead atoms. The monoisotopic (exact) mass is 269 g/mol.